The first-order valence-electron chi connectivity index (χ1n) is 8.73. The second-order valence-corrected chi connectivity index (χ2v) is 6.24. The Morgan fingerprint density at radius 1 is 1.30 bits per heavy atom. The third-order valence-electron chi connectivity index (χ3n) is 4.78. The van der Waals surface area contributed by atoms with Crippen LogP contribution in [-0.2, 0) is 6.42 Å². The number of fused-ring (bicyclic) bond motifs is 3. The van der Waals surface area contributed by atoms with Crippen LogP contribution in [0, 0.1) is 17.2 Å². The van der Waals surface area contributed by atoms with Crippen LogP contribution in [0.5, 0.6) is 5.75 Å². The van der Waals surface area contributed by atoms with Gasteiger partial charge in [0, 0.05) is 13.0 Å². The standard InChI is InChI=1S/C17H22N2O2.CH5B/c18-9-1-2-14-3-5-16(6-4-14)21-13-17(20)12-19-10-7-15(17)8-11-19;1-2/h3-6,15,20H,1-2,7-8,10-13H2;2H2,1H3. The van der Waals surface area contributed by atoms with Gasteiger partial charge in [0.05, 0.1) is 13.9 Å². The summed E-state index contributed by atoms with van der Waals surface area (Å²) in [6.07, 6.45) is 3.47. The monoisotopic (exact) mass is 314 g/mol. The lowest BCUT2D eigenvalue weighted by Gasteiger charge is -2.50. The molecule has 124 valence electrons. The first-order valence-corrected chi connectivity index (χ1v) is 8.73. The second kappa shape index (κ2) is 8.38. The molecule has 1 aromatic carbocycles. The minimum atomic E-state index is -0.698. The van der Waals surface area contributed by atoms with Gasteiger partial charge in [-0.2, -0.15) is 5.26 Å². The fourth-order valence-electron chi connectivity index (χ4n) is 3.47. The third kappa shape index (κ3) is 4.49. The van der Waals surface area contributed by atoms with Crippen LogP contribution < -0.4 is 4.74 Å². The van der Waals surface area contributed by atoms with Crippen molar-refractivity contribution in [3.63, 3.8) is 0 Å². The molecular formula is C18H27BN2O2. The highest BCUT2D eigenvalue weighted by atomic mass is 16.5. The van der Waals surface area contributed by atoms with Crippen LogP contribution in [0.4, 0.5) is 0 Å². The lowest BCUT2D eigenvalue weighted by atomic mass is 9.76. The van der Waals surface area contributed by atoms with Crippen LogP contribution in [0.25, 0.3) is 0 Å². The Kier molecular flexibility index (Phi) is 6.50. The summed E-state index contributed by atoms with van der Waals surface area (Å²) in [5.41, 5.74) is 0.445. The van der Waals surface area contributed by atoms with Crippen LogP contribution in [-0.4, -0.2) is 49.7 Å². The van der Waals surface area contributed by atoms with Crippen molar-refractivity contribution < 1.29 is 9.84 Å². The summed E-state index contributed by atoms with van der Waals surface area (Å²) in [5, 5.41) is 19.4. The molecule has 1 N–H and O–H groups in total. The smallest absolute Gasteiger partial charge is 0.119 e. The van der Waals surface area contributed by atoms with Crippen molar-refractivity contribution in [3.05, 3.63) is 29.8 Å². The number of aryl methyl sites for hydroxylation is 1. The Labute approximate surface area is 140 Å². The normalized spacial score (nSPS) is 28.4. The van der Waals surface area contributed by atoms with Crippen molar-refractivity contribution in [2.75, 3.05) is 26.2 Å². The maximum atomic E-state index is 10.8. The summed E-state index contributed by atoms with van der Waals surface area (Å²) < 4.78 is 5.82. The number of hydrogen-bond donors (Lipinski definition) is 1. The molecule has 1 unspecified atom stereocenters. The maximum Gasteiger partial charge on any atom is 0.119 e. The van der Waals surface area contributed by atoms with Crippen LogP contribution in [0.15, 0.2) is 24.3 Å². The van der Waals surface area contributed by atoms with Gasteiger partial charge in [-0.3, -0.25) is 0 Å². The number of rotatable bonds is 5. The van der Waals surface area contributed by atoms with Crippen molar-refractivity contribution in [2.45, 2.75) is 38.1 Å². The molecule has 23 heavy (non-hydrogen) atoms. The Balaban J connectivity index is 0.000000924. The Morgan fingerprint density at radius 3 is 2.48 bits per heavy atom. The second-order valence-electron chi connectivity index (χ2n) is 6.24. The van der Waals surface area contributed by atoms with Gasteiger partial charge in [0.2, 0.25) is 0 Å². The van der Waals surface area contributed by atoms with Crippen molar-refractivity contribution in [1.82, 2.24) is 4.90 Å². The minimum Gasteiger partial charge on any atom is -0.491 e. The Morgan fingerprint density at radius 2 is 1.96 bits per heavy atom. The molecule has 3 aliphatic rings. The molecule has 1 atom stereocenters. The average Bonchev–Trinajstić information content (AvgIpc) is 2.62. The van der Waals surface area contributed by atoms with E-state index in [1.807, 2.05) is 38.9 Å². The van der Waals surface area contributed by atoms with Crippen molar-refractivity contribution in [2.24, 2.45) is 5.92 Å². The van der Waals surface area contributed by atoms with E-state index >= 15 is 0 Å². The van der Waals surface area contributed by atoms with E-state index in [1.165, 1.54) is 0 Å². The molecule has 0 radical (unpaired) electrons. The van der Waals surface area contributed by atoms with E-state index in [0.717, 1.165) is 50.2 Å². The number of nitriles is 1. The number of benzene rings is 1. The molecule has 0 saturated carbocycles. The van der Waals surface area contributed by atoms with Gasteiger partial charge in [0.15, 0.2) is 0 Å². The summed E-state index contributed by atoms with van der Waals surface area (Å²) in [5.74, 6) is 1.16. The predicted octanol–water partition coefficient (Wildman–Crippen LogP) is 1.65. The van der Waals surface area contributed by atoms with Gasteiger partial charge in [-0.05, 0) is 56.0 Å². The molecule has 3 aliphatic heterocycles. The van der Waals surface area contributed by atoms with E-state index in [1.54, 1.807) is 0 Å². The Bertz CT molecular complexity index is 521. The quantitative estimate of drug-likeness (QED) is 0.840. The molecule has 1 aromatic rings. The lowest BCUT2D eigenvalue weighted by Crippen LogP contribution is -2.61. The zero-order valence-electron chi connectivity index (χ0n) is 14.3. The maximum absolute atomic E-state index is 10.8. The molecule has 3 fully saturated rings. The highest BCUT2D eigenvalue weighted by Gasteiger charge is 2.45. The van der Waals surface area contributed by atoms with Crippen LogP contribution in [0.3, 0.4) is 0 Å². The van der Waals surface area contributed by atoms with Crippen LogP contribution in [0.1, 0.15) is 24.8 Å². The summed E-state index contributed by atoms with van der Waals surface area (Å²) in [4.78, 5) is 2.33. The topological polar surface area (TPSA) is 56.5 Å². The number of aliphatic hydroxyl groups is 1. The van der Waals surface area contributed by atoms with E-state index in [9.17, 15) is 5.11 Å². The summed E-state index contributed by atoms with van der Waals surface area (Å²) >= 11 is 0. The van der Waals surface area contributed by atoms with E-state index in [4.69, 9.17) is 10.00 Å². The van der Waals surface area contributed by atoms with Gasteiger partial charge < -0.3 is 14.7 Å². The van der Waals surface area contributed by atoms with Gasteiger partial charge in [0.25, 0.3) is 0 Å². The molecule has 4 rings (SSSR count). The van der Waals surface area contributed by atoms with Gasteiger partial charge in [-0.15, -0.1) is 0 Å². The average molecular weight is 314 g/mol. The number of piperidine rings is 3. The highest BCUT2D eigenvalue weighted by molar-refractivity contribution is 6.05. The molecule has 2 bridgehead atoms. The number of hydrogen-bond acceptors (Lipinski definition) is 4. The fraction of sp³-hybridized carbons (Fsp3) is 0.611. The van der Waals surface area contributed by atoms with E-state index in [0.29, 0.717) is 18.9 Å². The highest BCUT2D eigenvalue weighted by Crippen LogP contribution is 2.36. The van der Waals surface area contributed by atoms with E-state index in [-0.39, 0.29) is 0 Å². The SMILES string of the molecule is BC.N#CCCc1ccc(OCC2(O)CN3CCC2CC3)cc1. The van der Waals surface area contributed by atoms with Gasteiger partial charge >= 0.3 is 0 Å². The zero-order chi connectivity index (χ0) is 16.7. The number of nitrogens with zero attached hydrogens (tertiary/aromatic N) is 2. The molecule has 0 amide bonds. The summed E-state index contributed by atoms with van der Waals surface area (Å²) in [6, 6.07) is 9.99. The molecule has 3 saturated heterocycles. The van der Waals surface area contributed by atoms with Gasteiger partial charge in [-0.1, -0.05) is 19.0 Å². The van der Waals surface area contributed by atoms with Gasteiger partial charge in [-0.25, -0.2) is 0 Å². The van der Waals surface area contributed by atoms with Crippen molar-refractivity contribution >= 4 is 7.85 Å². The lowest BCUT2D eigenvalue weighted by molar-refractivity contribution is -0.131. The zero-order valence-corrected chi connectivity index (χ0v) is 14.3. The van der Waals surface area contributed by atoms with E-state index in [2.05, 4.69) is 11.0 Å². The third-order valence-corrected chi connectivity index (χ3v) is 4.78. The molecule has 3 heterocycles. The summed E-state index contributed by atoms with van der Waals surface area (Å²) in [7, 11) is 2.00. The summed E-state index contributed by atoms with van der Waals surface area (Å²) in [6.45, 7) is 5.32. The Hall–Kier alpha value is -1.51. The van der Waals surface area contributed by atoms with Crippen LogP contribution >= 0.6 is 0 Å². The van der Waals surface area contributed by atoms with Crippen LogP contribution in [0.2, 0.25) is 6.82 Å². The minimum absolute atomic E-state index is 0.367. The molecule has 0 aromatic heterocycles. The van der Waals surface area contributed by atoms with Gasteiger partial charge in [0.1, 0.15) is 18.0 Å². The molecule has 0 aliphatic carbocycles. The van der Waals surface area contributed by atoms with Crippen molar-refractivity contribution in [3.8, 4) is 11.8 Å². The largest absolute Gasteiger partial charge is 0.491 e. The molecule has 5 heteroatoms. The first-order chi connectivity index (χ1) is 11.2. The number of ether oxygens (including phenoxy) is 1. The molecule has 4 nitrogen and oxygen atoms in total. The predicted molar refractivity (Wildman–Crippen MR) is 94.4 cm³/mol. The molecular weight excluding hydrogens is 287 g/mol. The molecule has 0 spiro atoms. The van der Waals surface area contributed by atoms with Crippen molar-refractivity contribution in [1.29, 1.82) is 5.26 Å². The van der Waals surface area contributed by atoms with E-state index < -0.39 is 5.60 Å². The first kappa shape index (κ1) is 17.8. The fourth-order valence-corrected chi connectivity index (χ4v) is 3.47.